The first-order valence-electron chi connectivity index (χ1n) is 7.63. The number of nitrogens with zero attached hydrogens (tertiary/aromatic N) is 1. The number of hydrogen-bond donors (Lipinski definition) is 2. The van der Waals surface area contributed by atoms with Crippen molar-refractivity contribution in [3.63, 3.8) is 0 Å². The maximum atomic E-state index is 5.50. The van der Waals surface area contributed by atoms with Gasteiger partial charge >= 0.3 is 0 Å². The number of aryl methyl sites for hydroxylation is 2. The van der Waals surface area contributed by atoms with E-state index in [1.54, 1.807) is 7.11 Å². The third-order valence-electron chi connectivity index (χ3n) is 3.64. The summed E-state index contributed by atoms with van der Waals surface area (Å²) in [4.78, 5) is 7.89. The van der Waals surface area contributed by atoms with Crippen molar-refractivity contribution in [1.82, 2.24) is 9.97 Å². The van der Waals surface area contributed by atoms with Crippen molar-refractivity contribution < 1.29 is 4.74 Å². The Hall–Kier alpha value is -1.81. The Morgan fingerprint density at radius 3 is 2.76 bits per heavy atom. The predicted molar refractivity (Wildman–Crippen MR) is 86.5 cm³/mol. The number of nitrogens with one attached hydrogen (secondary N) is 1. The minimum Gasteiger partial charge on any atom is -0.496 e. The number of methoxy groups -OCH3 is 1. The first-order valence-corrected chi connectivity index (χ1v) is 7.63. The van der Waals surface area contributed by atoms with E-state index in [9.17, 15) is 0 Å². The maximum Gasteiger partial charge on any atom is 0.128 e. The Labute approximate surface area is 126 Å². The molecule has 0 saturated heterocycles. The van der Waals surface area contributed by atoms with Crippen LogP contribution < -0.4 is 10.5 Å². The molecular formula is C17H25N3O. The van der Waals surface area contributed by atoms with E-state index >= 15 is 0 Å². The van der Waals surface area contributed by atoms with Gasteiger partial charge in [-0.05, 0) is 38.4 Å². The third kappa shape index (κ3) is 4.33. The summed E-state index contributed by atoms with van der Waals surface area (Å²) in [5.74, 6) is 1.92. The molecule has 0 aliphatic rings. The van der Waals surface area contributed by atoms with Crippen molar-refractivity contribution in [2.45, 2.75) is 39.0 Å². The highest BCUT2D eigenvalue weighted by molar-refractivity contribution is 5.67. The molecule has 2 aromatic rings. The van der Waals surface area contributed by atoms with Crippen LogP contribution in [0, 0.1) is 6.92 Å². The van der Waals surface area contributed by atoms with Gasteiger partial charge in [-0.3, -0.25) is 0 Å². The molecule has 0 saturated carbocycles. The zero-order chi connectivity index (χ0) is 15.1. The van der Waals surface area contributed by atoms with Crippen LogP contribution in [0.1, 0.15) is 37.1 Å². The van der Waals surface area contributed by atoms with E-state index in [1.165, 1.54) is 18.4 Å². The lowest BCUT2D eigenvalue weighted by Crippen LogP contribution is -1.98. The summed E-state index contributed by atoms with van der Waals surface area (Å²) in [6, 6.07) is 6.17. The molecule has 0 spiro atoms. The number of H-pyrrole nitrogens is 1. The largest absolute Gasteiger partial charge is 0.496 e. The molecule has 2 rings (SSSR count). The highest BCUT2D eigenvalue weighted by Crippen LogP contribution is 2.29. The summed E-state index contributed by atoms with van der Waals surface area (Å²) in [7, 11) is 1.70. The second-order valence-electron chi connectivity index (χ2n) is 5.40. The number of aromatic nitrogens is 2. The molecule has 114 valence electrons. The van der Waals surface area contributed by atoms with E-state index in [2.05, 4.69) is 29.0 Å². The summed E-state index contributed by atoms with van der Waals surface area (Å²) < 4.78 is 5.43. The fraction of sp³-hybridized carbons (Fsp3) is 0.471. The van der Waals surface area contributed by atoms with Gasteiger partial charge in [0.2, 0.25) is 0 Å². The van der Waals surface area contributed by atoms with E-state index in [-0.39, 0.29) is 0 Å². The number of unbranched alkanes of at least 4 members (excludes halogenated alkanes) is 3. The van der Waals surface area contributed by atoms with Crippen LogP contribution in [-0.2, 0) is 6.42 Å². The van der Waals surface area contributed by atoms with E-state index in [1.807, 2.05) is 12.3 Å². The molecule has 1 aromatic heterocycles. The van der Waals surface area contributed by atoms with Gasteiger partial charge in [0.25, 0.3) is 0 Å². The minimum atomic E-state index is 0.790. The van der Waals surface area contributed by atoms with Crippen LogP contribution in [0.5, 0.6) is 5.75 Å². The number of nitrogens with two attached hydrogens (primary N) is 1. The SMILES string of the molecule is COc1ccc(C)cc1-c1cnc(CCCCCCN)[nH]1. The molecule has 0 amide bonds. The van der Waals surface area contributed by atoms with Gasteiger partial charge in [0.1, 0.15) is 11.6 Å². The molecule has 0 unspecified atom stereocenters. The quantitative estimate of drug-likeness (QED) is 0.731. The lowest BCUT2D eigenvalue weighted by molar-refractivity contribution is 0.416. The van der Waals surface area contributed by atoms with Crippen LogP contribution in [-0.4, -0.2) is 23.6 Å². The van der Waals surface area contributed by atoms with Gasteiger partial charge < -0.3 is 15.5 Å². The van der Waals surface area contributed by atoms with Gasteiger partial charge in [0, 0.05) is 12.0 Å². The van der Waals surface area contributed by atoms with E-state index < -0.39 is 0 Å². The van der Waals surface area contributed by atoms with Gasteiger partial charge in [0.15, 0.2) is 0 Å². The van der Waals surface area contributed by atoms with Crippen molar-refractivity contribution >= 4 is 0 Å². The van der Waals surface area contributed by atoms with Crippen LogP contribution in [0.2, 0.25) is 0 Å². The average Bonchev–Trinajstić information content (AvgIpc) is 2.96. The van der Waals surface area contributed by atoms with Gasteiger partial charge in [-0.15, -0.1) is 0 Å². The molecule has 3 N–H and O–H groups in total. The fourth-order valence-electron chi connectivity index (χ4n) is 2.45. The molecule has 0 bridgehead atoms. The lowest BCUT2D eigenvalue weighted by Gasteiger charge is -2.07. The first kappa shape index (κ1) is 15.6. The number of benzene rings is 1. The lowest BCUT2D eigenvalue weighted by atomic mass is 10.1. The summed E-state index contributed by atoms with van der Waals surface area (Å²) in [6.07, 6.45) is 7.56. The van der Waals surface area contributed by atoms with Crippen molar-refractivity contribution in [2.24, 2.45) is 5.73 Å². The maximum absolute atomic E-state index is 5.50. The van der Waals surface area contributed by atoms with Gasteiger partial charge in [-0.2, -0.15) is 0 Å². The van der Waals surface area contributed by atoms with Crippen LogP contribution in [0.3, 0.4) is 0 Å². The Morgan fingerprint density at radius 2 is 2.00 bits per heavy atom. The van der Waals surface area contributed by atoms with E-state index in [4.69, 9.17) is 10.5 Å². The van der Waals surface area contributed by atoms with E-state index in [0.717, 1.165) is 48.6 Å². The zero-order valence-electron chi connectivity index (χ0n) is 13.0. The van der Waals surface area contributed by atoms with Gasteiger partial charge in [-0.25, -0.2) is 4.98 Å². The zero-order valence-corrected chi connectivity index (χ0v) is 13.0. The topological polar surface area (TPSA) is 63.9 Å². The minimum absolute atomic E-state index is 0.790. The van der Waals surface area contributed by atoms with Gasteiger partial charge in [0.05, 0.1) is 19.0 Å². The Balaban J connectivity index is 2.01. The van der Waals surface area contributed by atoms with Crippen LogP contribution in [0.15, 0.2) is 24.4 Å². The Kier molecular flexibility index (Phi) is 5.81. The normalized spacial score (nSPS) is 10.8. The number of aromatic amines is 1. The van der Waals surface area contributed by atoms with Crippen molar-refractivity contribution in [3.05, 3.63) is 35.8 Å². The molecule has 0 radical (unpaired) electrons. The van der Waals surface area contributed by atoms with Crippen molar-refractivity contribution in [1.29, 1.82) is 0 Å². The smallest absolute Gasteiger partial charge is 0.128 e. The molecule has 1 heterocycles. The molecule has 0 atom stereocenters. The monoisotopic (exact) mass is 287 g/mol. The molecule has 1 aromatic carbocycles. The Bertz CT molecular complexity index is 563. The van der Waals surface area contributed by atoms with Crippen LogP contribution in [0.25, 0.3) is 11.3 Å². The summed E-state index contributed by atoms with van der Waals surface area (Å²) in [6.45, 7) is 2.87. The third-order valence-corrected chi connectivity index (χ3v) is 3.64. The van der Waals surface area contributed by atoms with Crippen LogP contribution in [0.4, 0.5) is 0 Å². The number of hydrogen-bond acceptors (Lipinski definition) is 3. The molecular weight excluding hydrogens is 262 g/mol. The van der Waals surface area contributed by atoms with Crippen molar-refractivity contribution in [3.8, 4) is 17.0 Å². The summed E-state index contributed by atoms with van der Waals surface area (Å²) in [5, 5.41) is 0. The van der Waals surface area contributed by atoms with Crippen LogP contribution >= 0.6 is 0 Å². The van der Waals surface area contributed by atoms with Gasteiger partial charge in [-0.1, -0.05) is 24.5 Å². The highest BCUT2D eigenvalue weighted by Gasteiger charge is 2.09. The molecule has 21 heavy (non-hydrogen) atoms. The summed E-state index contributed by atoms with van der Waals surface area (Å²) >= 11 is 0. The van der Waals surface area contributed by atoms with E-state index in [0.29, 0.717) is 0 Å². The second kappa shape index (κ2) is 7.84. The Morgan fingerprint density at radius 1 is 1.19 bits per heavy atom. The standard InChI is InChI=1S/C17H25N3O/c1-13-8-9-16(21-2)14(11-13)15-12-19-17(20-15)7-5-3-4-6-10-18/h8-9,11-12H,3-7,10,18H2,1-2H3,(H,19,20). The highest BCUT2D eigenvalue weighted by atomic mass is 16.5. The fourth-order valence-corrected chi connectivity index (χ4v) is 2.45. The second-order valence-corrected chi connectivity index (χ2v) is 5.40. The number of imidazole rings is 1. The molecule has 4 heteroatoms. The summed E-state index contributed by atoms with van der Waals surface area (Å²) in [5.41, 5.74) is 8.80. The molecule has 0 fully saturated rings. The number of rotatable bonds is 8. The predicted octanol–water partition coefficient (Wildman–Crippen LogP) is 3.46. The molecule has 0 aliphatic carbocycles. The van der Waals surface area contributed by atoms with Crippen molar-refractivity contribution in [2.75, 3.05) is 13.7 Å². The molecule has 4 nitrogen and oxygen atoms in total. The first-order chi connectivity index (χ1) is 10.2. The average molecular weight is 287 g/mol. The molecule has 0 aliphatic heterocycles. The number of ether oxygens (including phenoxy) is 1.